The topological polar surface area (TPSA) is 86.7 Å². The first-order valence-corrected chi connectivity index (χ1v) is 9.06. The molecule has 0 aliphatic carbocycles. The summed E-state index contributed by atoms with van der Waals surface area (Å²) >= 11 is 0. The molecule has 1 aromatic rings. The minimum absolute atomic E-state index is 0.219. The maximum atomic E-state index is 11.4. The van der Waals surface area contributed by atoms with Crippen molar-refractivity contribution in [2.45, 2.75) is 0 Å². The Balaban J connectivity index is 2.03. The van der Waals surface area contributed by atoms with Gasteiger partial charge in [-0.2, -0.15) is 0 Å². The van der Waals surface area contributed by atoms with E-state index in [1.807, 2.05) is 0 Å². The summed E-state index contributed by atoms with van der Waals surface area (Å²) in [7, 11) is 1.63. The summed E-state index contributed by atoms with van der Waals surface area (Å²) in [5, 5.41) is 9.33. The third-order valence-corrected chi connectivity index (χ3v) is 3.58. The highest BCUT2D eigenvalue weighted by atomic mass is 16.6. The van der Waals surface area contributed by atoms with Gasteiger partial charge in [0.05, 0.1) is 66.0 Å². The fourth-order valence-electron chi connectivity index (χ4n) is 2.13. The van der Waals surface area contributed by atoms with E-state index in [1.54, 1.807) is 31.4 Å². The van der Waals surface area contributed by atoms with Crippen molar-refractivity contribution < 1.29 is 33.6 Å². The zero-order valence-electron chi connectivity index (χ0n) is 16.3. The second-order valence-corrected chi connectivity index (χ2v) is 5.57. The maximum absolute atomic E-state index is 11.4. The molecule has 0 saturated carbocycles. The zero-order chi connectivity index (χ0) is 20.5. The molecular formula is C20H29NO7. The second kappa shape index (κ2) is 15.9. The summed E-state index contributed by atoms with van der Waals surface area (Å²) in [6.45, 7) is 4.39. The molecule has 0 fully saturated rings. The number of carboxylic acid groups (broad SMARTS) is 1. The van der Waals surface area contributed by atoms with Gasteiger partial charge >= 0.3 is 6.09 Å². The fourth-order valence-corrected chi connectivity index (χ4v) is 2.13. The number of anilines is 1. The minimum Gasteiger partial charge on any atom is -0.465 e. The van der Waals surface area contributed by atoms with Gasteiger partial charge in [-0.15, -0.1) is 6.42 Å². The molecule has 8 heteroatoms. The Hall–Kier alpha value is -2.15. The number of rotatable bonds is 16. The third kappa shape index (κ3) is 10.9. The van der Waals surface area contributed by atoms with Crippen LogP contribution in [-0.4, -0.2) is 84.3 Å². The van der Waals surface area contributed by atoms with Crippen LogP contribution in [0, 0.1) is 12.3 Å². The minimum atomic E-state index is -1.04. The van der Waals surface area contributed by atoms with E-state index in [2.05, 4.69) is 5.92 Å². The summed E-state index contributed by atoms with van der Waals surface area (Å²) in [5.41, 5.74) is 1.25. The lowest BCUT2D eigenvalue weighted by atomic mass is 10.2. The molecule has 0 unspecified atom stereocenters. The highest BCUT2D eigenvalue weighted by Gasteiger charge is 2.13. The van der Waals surface area contributed by atoms with Crippen molar-refractivity contribution in [3.63, 3.8) is 0 Å². The van der Waals surface area contributed by atoms with E-state index in [9.17, 15) is 9.90 Å². The Kier molecular flexibility index (Phi) is 13.5. The molecule has 156 valence electrons. The standard InChI is InChI=1S/C20H29NO7/c1-3-18-4-6-19(7-5-18)21(20(22)23)8-9-25-12-13-27-16-17-28-15-14-26-11-10-24-2/h1,4-7H,8-17H2,2H3,(H,22,23). The molecule has 1 aromatic carbocycles. The van der Waals surface area contributed by atoms with Crippen molar-refractivity contribution >= 4 is 11.8 Å². The van der Waals surface area contributed by atoms with Crippen LogP contribution in [0.3, 0.4) is 0 Å². The van der Waals surface area contributed by atoms with Gasteiger partial charge in [-0.1, -0.05) is 5.92 Å². The first-order chi connectivity index (χ1) is 13.7. The number of terminal acetylenes is 1. The van der Waals surface area contributed by atoms with Gasteiger partial charge in [-0.3, -0.25) is 4.90 Å². The van der Waals surface area contributed by atoms with Gasteiger partial charge in [-0.25, -0.2) is 4.79 Å². The Morgan fingerprint density at radius 2 is 1.36 bits per heavy atom. The van der Waals surface area contributed by atoms with E-state index in [0.717, 1.165) is 0 Å². The van der Waals surface area contributed by atoms with Crippen molar-refractivity contribution in [1.29, 1.82) is 0 Å². The van der Waals surface area contributed by atoms with Crippen LogP contribution in [0.5, 0.6) is 0 Å². The summed E-state index contributed by atoms with van der Waals surface area (Å²) in [4.78, 5) is 12.6. The van der Waals surface area contributed by atoms with E-state index >= 15 is 0 Å². The molecule has 0 bridgehead atoms. The predicted octanol–water partition coefficient (Wildman–Crippen LogP) is 1.87. The van der Waals surface area contributed by atoms with E-state index < -0.39 is 6.09 Å². The number of nitrogens with zero attached hydrogens (tertiary/aromatic N) is 1. The SMILES string of the molecule is C#Cc1ccc(N(CCOCCOCCOCCOCCOC)C(=O)O)cc1. The largest absolute Gasteiger partial charge is 0.465 e. The number of amides is 1. The van der Waals surface area contributed by atoms with Crippen LogP contribution < -0.4 is 4.90 Å². The molecule has 0 radical (unpaired) electrons. The normalized spacial score (nSPS) is 10.6. The Morgan fingerprint density at radius 3 is 1.79 bits per heavy atom. The summed E-state index contributed by atoms with van der Waals surface area (Å²) in [6, 6.07) is 6.76. The van der Waals surface area contributed by atoms with Crippen molar-refractivity contribution in [1.82, 2.24) is 0 Å². The zero-order valence-corrected chi connectivity index (χ0v) is 16.3. The average Bonchev–Trinajstić information content (AvgIpc) is 2.71. The molecule has 8 nitrogen and oxygen atoms in total. The quantitative estimate of drug-likeness (QED) is 0.338. The number of carbonyl (C=O) groups is 1. The van der Waals surface area contributed by atoms with Gasteiger partial charge < -0.3 is 28.8 Å². The monoisotopic (exact) mass is 395 g/mol. The lowest BCUT2D eigenvalue weighted by Gasteiger charge is -2.19. The Labute approximate surface area is 166 Å². The number of hydrogen-bond donors (Lipinski definition) is 1. The second-order valence-electron chi connectivity index (χ2n) is 5.57. The highest BCUT2D eigenvalue weighted by molar-refractivity contribution is 5.86. The molecule has 0 heterocycles. The van der Waals surface area contributed by atoms with Crippen LogP contribution in [-0.2, 0) is 23.7 Å². The van der Waals surface area contributed by atoms with Gasteiger partial charge in [0.2, 0.25) is 0 Å². The molecule has 0 atom stereocenters. The number of ether oxygens (including phenoxy) is 5. The summed E-state index contributed by atoms with van der Waals surface area (Å²) in [6.07, 6.45) is 4.26. The maximum Gasteiger partial charge on any atom is 0.411 e. The lowest BCUT2D eigenvalue weighted by Crippen LogP contribution is -2.32. The molecular weight excluding hydrogens is 366 g/mol. The lowest BCUT2D eigenvalue weighted by molar-refractivity contribution is -0.00721. The molecule has 1 N–H and O–H groups in total. The van der Waals surface area contributed by atoms with E-state index in [-0.39, 0.29) is 13.2 Å². The first-order valence-electron chi connectivity index (χ1n) is 9.06. The van der Waals surface area contributed by atoms with Crippen LogP contribution in [0.15, 0.2) is 24.3 Å². The van der Waals surface area contributed by atoms with Crippen molar-refractivity contribution in [2.24, 2.45) is 0 Å². The van der Waals surface area contributed by atoms with Crippen LogP contribution >= 0.6 is 0 Å². The predicted molar refractivity (Wildman–Crippen MR) is 105 cm³/mol. The Morgan fingerprint density at radius 1 is 0.893 bits per heavy atom. The van der Waals surface area contributed by atoms with Crippen LogP contribution in [0.4, 0.5) is 10.5 Å². The summed E-state index contributed by atoms with van der Waals surface area (Å²) < 4.78 is 26.3. The smallest absolute Gasteiger partial charge is 0.411 e. The molecule has 1 rings (SSSR count). The van der Waals surface area contributed by atoms with Gasteiger partial charge in [0.15, 0.2) is 0 Å². The fraction of sp³-hybridized carbons (Fsp3) is 0.550. The third-order valence-electron chi connectivity index (χ3n) is 3.58. The molecule has 0 saturated heterocycles. The number of benzene rings is 1. The molecule has 0 spiro atoms. The van der Waals surface area contributed by atoms with Crippen molar-refractivity contribution in [3.8, 4) is 12.3 Å². The molecule has 0 aromatic heterocycles. The first kappa shape index (κ1) is 23.9. The van der Waals surface area contributed by atoms with Crippen LogP contribution in [0.2, 0.25) is 0 Å². The van der Waals surface area contributed by atoms with Crippen LogP contribution in [0.1, 0.15) is 5.56 Å². The molecule has 1 amide bonds. The van der Waals surface area contributed by atoms with E-state index in [0.29, 0.717) is 64.1 Å². The summed E-state index contributed by atoms with van der Waals surface area (Å²) in [5.74, 6) is 2.50. The van der Waals surface area contributed by atoms with Crippen molar-refractivity contribution in [3.05, 3.63) is 29.8 Å². The van der Waals surface area contributed by atoms with Crippen molar-refractivity contribution in [2.75, 3.05) is 78.0 Å². The van der Waals surface area contributed by atoms with E-state index in [4.69, 9.17) is 30.1 Å². The van der Waals surface area contributed by atoms with Gasteiger partial charge in [0, 0.05) is 18.4 Å². The molecule has 28 heavy (non-hydrogen) atoms. The molecule has 0 aliphatic heterocycles. The van der Waals surface area contributed by atoms with Gasteiger partial charge in [0.25, 0.3) is 0 Å². The highest BCUT2D eigenvalue weighted by Crippen LogP contribution is 2.15. The van der Waals surface area contributed by atoms with Gasteiger partial charge in [-0.05, 0) is 24.3 Å². The number of hydrogen-bond acceptors (Lipinski definition) is 6. The van der Waals surface area contributed by atoms with E-state index in [1.165, 1.54) is 4.90 Å². The van der Waals surface area contributed by atoms with Gasteiger partial charge in [0.1, 0.15) is 0 Å². The Bertz CT molecular complexity index is 571. The van der Waals surface area contributed by atoms with Crippen LogP contribution in [0.25, 0.3) is 0 Å². The molecule has 0 aliphatic rings. The number of methoxy groups -OCH3 is 1. The average molecular weight is 395 g/mol.